The summed E-state index contributed by atoms with van der Waals surface area (Å²) in [6, 6.07) is 0. The summed E-state index contributed by atoms with van der Waals surface area (Å²) in [6.45, 7) is 3.16. The minimum atomic E-state index is -1.06. The van der Waals surface area contributed by atoms with Crippen molar-refractivity contribution in [3.63, 3.8) is 0 Å². The van der Waals surface area contributed by atoms with Gasteiger partial charge in [0.2, 0.25) is 5.84 Å². The molecular weight excluding hydrogens is 326 g/mol. The van der Waals surface area contributed by atoms with Crippen molar-refractivity contribution < 1.29 is 14.4 Å². The van der Waals surface area contributed by atoms with Gasteiger partial charge in [0, 0.05) is 13.0 Å². The molecule has 0 aromatic rings. The van der Waals surface area contributed by atoms with E-state index < -0.39 is 5.97 Å². The Morgan fingerprint density at radius 2 is 1.77 bits per heavy atom. The monoisotopic (exact) mass is 363 g/mol. The van der Waals surface area contributed by atoms with Crippen molar-refractivity contribution in [3.8, 4) is 0 Å². The van der Waals surface area contributed by atoms with Crippen molar-refractivity contribution in [2.75, 3.05) is 19.6 Å². The zero-order valence-electron chi connectivity index (χ0n) is 16.5. The van der Waals surface area contributed by atoms with Gasteiger partial charge in [-0.2, -0.15) is 0 Å². The van der Waals surface area contributed by atoms with Crippen molar-refractivity contribution in [1.82, 2.24) is 0 Å². The third-order valence-electron chi connectivity index (χ3n) is 4.94. The molecule has 5 nitrogen and oxygen atoms in total. The van der Waals surface area contributed by atoms with Crippen LogP contribution in [0.25, 0.3) is 0 Å². The topological polar surface area (TPSA) is 78.5 Å². The van der Waals surface area contributed by atoms with Crippen LogP contribution >= 0.6 is 0 Å². The molecular formula is C21H37N3O2. The quantitative estimate of drug-likeness (QED) is 0.260. The van der Waals surface area contributed by atoms with E-state index in [-0.39, 0.29) is 11.0 Å². The Labute approximate surface area is 159 Å². The number of nitrogens with two attached hydrogens (primary N) is 1. The zero-order valence-corrected chi connectivity index (χ0v) is 16.5. The molecule has 148 valence electrons. The minimum absolute atomic E-state index is 0.0723. The van der Waals surface area contributed by atoms with Crippen LogP contribution in [0, 0.1) is 0 Å². The van der Waals surface area contributed by atoms with Gasteiger partial charge in [0.25, 0.3) is 0 Å². The number of unbranched alkanes of at least 4 members (excludes halogenated alkanes) is 8. The summed E-state index contributed by atoms with van der Waals surface area (Å²) in [7, 11) is 0. The Hall–Kier alpha value is -1.46. The first-order valence-corrected chi connectivity index (χ1v) is 10.3. The van der Waals surface area contributed by atoms with E-state index in [9.17, 15) is 9.90 Å². The molecule has 1 rings (SSSR count). The molecule has 1 aliphatic rings. The highest BCUT2D eigenvalue weighted by atomic mass is 16.4. The Bertz CT molecular complexity index is 486. The lowest BCUT2D eigenvalue weighted by Crippen LogP contribution is -2.55. The van der Waals surface area contributed by atoms with Crippen LogP contribution < -0.4 is 10.8 Å². The smallest absolute Gasteiger partial charge is 0.207 e. The molecule has 1 atom stereocenters. The second-order valence-electron chi connectivity index (χ2n) is 7.19. The molecule has 0 radical (unpaired) electrons. The third kappa shape index (κ3) is 8.77. The van der Waals surface area contributed by atoms with Crippen molar-refractivity contribution in [3.05, 3.63) is 24.6 Å². The van der Waals surface area contributed by atoms with Gasteiger partial charge < -0.3 is 15.6 Å². The molecule has 0 fully saturated rings. The summed E-state index contributed by atoms with van der Waals surface area (Å²) >= 11 is 0. The lowest BCUT2D eigenvalue weighted by Gasteiger charge is -2.32. The third-order valence-corrected chi connectivity index (χ3v) is 4.94. The van der Waals surface area contributed by atoms with Crippen LogP contribution in [0.4, 0.5) is 0 Å². The number of rotatable bonds is 16. The fourth-order valence-electron chi connectivity index (χ4n) is 3.45. The van der Waals surface area contributed by atoms with Gasteiger partial charge >= 0.3 is 0 Å². The molecule has 1 unspecified atom stereocenters. The van der Waals surface area contributed by atoms with Gasteiger partial charge in [0.1, 0.15) is 19.3 Å². The van der Waals surface area contributed by atoms with Gasteiger partial charge in [-0.05, 0) is 32.1 Å². The van der Waals surface area contributed by atoms with Crippen LogP contribution in [-0.4, -0.2) is 35.9 Å². The lowest BCUT2D eigenvalue weighted by molar-refractivity contribution is -0.780. The molecule has 0 saturated carbocycles. The number of amidine groups is 1. The van der Waals surface area contributed by atoms with E-state index in [1.54, 1.807) is 6.20 Å². The number of hydrogen-bond acceptors (Lipinski definition) is 4. The number of aliphatic imine (C=N–C) groups is 1. The van der Waals surface area contributed by atoms with E-state index in [4.69, 9.17) is 5.73 Å². The number of carbonyl (C=O) groups is 1. The van der Waals surface area contributed by atoms with Gasteiger partial charge in [0.15, 0.2) is 0 Å². The fraction of sp³-hybridized carbons (Fsp3) is 0.714. The molecule has 0 aliphatic carbocycles. The highest BCUT2D eigenvalue weighted by molar-refractivity contribution is 5.80. The molecule has 0 aromatic carbocycles. The molecule has 0 amide bonds. The first kappa shape index (κ1) is 22.6. The van der Waals surface area contributed by atoms with Gasteiger partial charge in [-0.15, -0.1) is 0 Å². The second-order valence-corrected chi connectivity index (χ2v) is 7.19. The Morgan fingerprint density at radius 3 is 2.42 bits per heavy atom. The van der Waals surface area contributed by atoms with Crippen LogP contribution in [-0.2, 0) is 4.79 Å². The van der Waals surface area contributed by atoms with E-state index >= 15 is 0 Å². The summed E-state index contributed by atoms with van der Waals surface area (Å²) in [5.41, 5.74) is 5.68. The van der Waals surface area contributed by atoms with Crippen molar-refractivity contribution >= 4 is 11.8 Å². The molecule has 2 N–H and O–H groups in total. The fourth-order valence-corrected chi connectivity index (χ4v) is 3.45. The van der Waals surface area contributed by atoms with Gasteiger partial charge in [-0.25, -0.2) is 9.48 Å². The van der Waals surface area contributed by atoms with Crippen molar-refractivity contribution in [2.24, 2.45) is 10.7 Å². The van der Waals surface area contributed by atoms with E-state index in [1.165, 1.54) is 51.4 Å². The maximum Gasteiger partial charge on any atom is 0.207 e. The largest absolute Gasteiger partial charge is 0.544 e. The van der Waals surface area contributed by atoms with Crippen molar-refractivity contribution in [2.45, 2.75) is 77.6 Å². The number of carboxylic acid groups (broad SMARTS) is 1. The summed E-state index contributed by atoms with van der Waals surface area (Å²) in [5, 5.41) is 11.1. The molecule has 1 heterocycles. The van der Waals surface area contributed by atoms with Crippen LogP contribution in [0.5, 0.6) is 0 Å². The number of carbonyl (C=O) groups excluding carboxylic acids is 1. The predicted molar refractivity (Wildman–Crippen MR) is 106 cm³/mol. The van der Waals surface area contributed by atoms with E-state index in [2.05, 4.69) is 24.1 Å². The molecule has 26 heavy (non-hydrogen) atoms. The summed E-state index contributed by atoms with van der Waals surface area (Å²) in [6.07, 6.45) is 21.3. The summed E-state index contributed by atoms with van der Waals surface area (Å²) in [5.74, 6) is -0.143. The zero-order chi connectivity index (χ0) is 19.1. The molecule has 1 aliphatic heterocycles. The lowest BCUT2D eigenvalue weighted by atomic mass is 10.1. The Kier molecular flexibility index (Phi) is 11.9. The van der Waals surface area contributed by atoms with E-state index in [0.717, 1.165) is 25.1 Å². The number of quaternary nitrogens is 1. The average Bonchev–Trinajstić information content (AvgIpc) is 2.97. The second kappa shape index (κ2) is 13.7. The highest BCUT2D eigenvalue weighted by Gasteiger charge is 2.34. The maximum atomic E-state index is 11.1. The number of hydrogen-bond donors (Lipinski definition) is 1. The van der Waals surface area contributed by atoms with Crippen LogP contribution in [0.1, 0.15) is 77.6 Å². The summed E-state index contributed by atoms with van der Waals surface area (Å²) < 4.78 is 0.238. The van der Waals surface area contributed by atoms with E-state index in [0.29, 0.717) is 13.1 Å². The first-order valence-electron chi connectivity index (χ1n) is 10.3. The predicted octanol–water partition coefficient (Wildman–Crippen LogP) is 3.26. The van der Waals surface area contributed by atoms with Gasteiger partial charge in [-0.3, -0.25) is 0 Å². The maximum absolute atomic E-state index is 11.1. The van der Waals surface area contributed by atoms with Crippen LogP contribution in [0.2, 0.25) is 0 Å². The van der Waals surface area contributed by atoms with Crippen LogP contribution in [0.15, 0.2) is 29.5 Å². The molecule has 0 aromatic heterocycles. The van der Waals surface area contributed by atoms with Crippen LogP contribution in [0.3, 0.4) is 0 Å². The number of carboxylic acids is 1. The standard InChI is InChI=1S/C21H37N3O2/c1-2-3-4-5-6-7-8-9-10-11-12-13-14-20-23-16-18-24(20,17-15-22)19-21(25)26/h6-7,16,18H,2-5,8-15,17,19,22H2,1H3/b7-6+. The van der Waals surface area contributed by atoms with Gasteiger partial charge in [-0.1, -0.05) is 51.2 Å². The molecule has 0 saturated heterocycles. The summed E-state index contributed by atoms with van der Waals surface area (Å²) in [4.78, 5) is 15.5. The van der Waals surface area contributed by atoms with Gasteiger partial charge in [0.05, 0.1) is 12.2 Å². The molecule has 5 heteroatoms. The molecule has 0 bridgehead atoms. The number of allylic oxidation sites excluding steroid dienone is 2. The first-order chi connectivity index (χ1) is 12.6. The molecule has 0 spiro atoms. The van der Waals surface area contributed by atoms with Crippen molar-refractivity contribution in [1.29, 1.82) is 0 Å². The van der Waals surface area contributed by atoms with E-state index in [1.807, 2.05) is 6.20 Å². The SMILES string of the molecule is CCCCC/C=C/CCCCCCCC1=NC=C[N+]1(CCN)CC(=O)[O-]. The number of aliphatic carboxylic acids is 1. The number of nitrogens with zero attached hydrogens (tertiary/aromatic N) is 2. The minimum Gasteiger partial charge on any atom is -0.544 e. The Morgan fingerprint density at radius 1 is 1.12 bits per heavy atom. The Balaban J connectivity index is 2.14. The highest BCUT2D eigenvalue weighted by Crippen LogP contribution is 2.20. The average molecular weight is 364 g/mol. The normalized spacial score (nSPS) is 19.4.